The lowest BCUT2D eigenvalue weighted by atomic mass is 10.3. The number of alkyl halides is 3. The molecule has 1 aromatic rings. The quantitative estimate of drug-likeness (QED) is 0.505. The third kappa shape index (κ3) is 5.97. The number of carbonyl (C=O) groups excluding carboxylic acids is 1. The number of hydrogen-bond acceptors (Lipinski definition) is 3. The molecule has 0 saturated heterocycles. The second kappa shape index (κ2) is 8.04. The average Bonchev–Trinajstić information content (AvgIpc) is 2.30. The van der Waals surface area contributed by atoms with Gasteiger partial charge in [-0.05, 0) is 19.1 Å². The number of benzene rings is 1. The maximum atomic E-state index is 11.5. The van der Waals surface area contributed by atoms with Crippen LogP contribution in [0.5, 0.6) is 0 Å². The highest BCUT2D eigenvalue weighted by Crippen LogP contribution is 2.37. The fraction of sp³-hybridized carbons (Fsp3) is 0.364. The number of halogens is 6. The Labute approximate surface area is 151 Å². The fourth-order valence-electron chi connectivity index (χ4n) is 1.31. The maximum absolute atomic E-state index is 11.5. The zero-order chi connectivity index (χ0) is 16.2. The molecule has 21 heavy (non-hydrogen) atoms. The van der Waals surface area contributed by atoms with Crippen LogP contribution in [0.4, 0.5) is 10.5 Å². The monoisotopic (exact) mass is 412 g/mol. The first kappa shape index (κ1) is 19.1. The molecule has 0 aromatic heterocycles. The summed E-state index contributed by atoms with van der Waals surface area (Å²) in [6.45, 7) is 1.81. The highest BCUT2D eigenvalue weighted by atomic mass is 35.6. The molecule has 0 spiro atoms. The van der Waals surface area contributed by atoms with Crippen LogP contribution in [0.15, 0.2) is 12.1 Å². The zero-order valence-electron chi connectivity index (χ0n) is 10.5. The number of alkyl carbamates (subject to hydrolysis) is 1. The van der Waals surface area contributed by atoms with E-state index in [1.165, 1.54) is 12.1 Å². The predicted octanol–water partition coefficient (Wildman–Crippen LogP) is 5.50. The molecule has 0 aliphatic carbocycles. The van der Waals surface area contributed by atoms with Crippen LogP contribution in [0.3, 0.4) is 0 Å². The molecule has 0 bridgehead atoms. The van der Waals surface area contributed by atoms with Crippen LogP contribution in [0, 0.1) is 0 Å². The normalized spacial score (nSPS) is 12.7. The topological polar surface area (TPSA) is 50.4 Å². The highest BCUT2D eigenvalue weighted by Gasteiger charge is 2.35. The number of ether oxygens (including phenoxy) is 1. The van der Waals surface area contributed by atoms with Crippen LogP contribution in [-0.4, -0.2) is 22.7 Å². The molecule has 1 aromatic carbocycles. The molecule has 10 heteroatoms. The van der Waals surface area contributed by atoms with Crippen LogP contribution in [0.25, 0.3) is 0 Å². The lowest BCUT2D eigenvalue weighted by Gasteiger charge is -2.27. The van der Waals surface area contributed by atoms with Gasteiger partial charge in [0.15, 0.2) is 6.17 Å². The van der Waals surface area contributed by atoms with Crippen LogP contribution < -0.4 is 10.6 Å². The third-order valence-corrected chi connectivity index (χ3v) is 3.63. The molecule has 0 aliphatic heterocycles. The first-order chi connectivity index (χ1) is 9.65. The van der Waals surface area contributed by atoms with Crippen molar-refractivity contribution in [2.45, 2.75) is 16.9 Å². The third-order valence-electron chi connectivity index (χ3n) is 2.16. The van der Waals surface area contributed by atoms with Crippen LogP contribution in [0.1, 0.15) is 6.92 Å². The van der Waals surface area contributed by atoms with E-state index in [9.17, 15) is 4.79 Å². The molecule has 1 unspecified atom stereocenters. The van der Waals surface area contributed by atoms with Gasteiger partial charge in [-0.25, -0.2) is 4.79 Å². The number of hydrogen-bond donors (Lipinski definition) is 2. The number of anilines is 1. The van der Waals surface area contributed by atoms with E-state index in [0.29, 0.717) is 5.02 Å². The summed E-state index contributed by atoms with van der Waals surface area (Å²) in [4.78, 5) is 11.5. The molecule has 2 N–H and O–H groups in total. The molecular formula is C11H10Cl6N2O2. The van der Waals surface area contributed by atoms with Crippen molar-refractivity contribution in [1.29, 1.82) is 0 Å². The van der Waals surface area contributed by atoms with Crippen molar-refractivity contribution in [2.75, 3.05) is 11.9 Å². The fourth-order valence-corrected chi connectivity index (χ4v) is 2.57. The molecular weight excluding hydrogens is 405 g/mol. The van der Waals surface area contributed by atoms with Crippen molar-refractivity contribution in [3.05, 3.63) is 27.2 Å². The summed E-state index contributed by atoms with van der Waals surface area (Å²) in [6, 6.07) is 2.91. The molecule has 118 valence electrons. The standard InChI is InChI=1S/C11H10Cl6N2O2/c1-2-21-10(20)19-9(11(15,16)17)18-8-6(13)3-5(12)4-7(8)14/h3-4,9,18H,2H2,1H3,(H,19,20). The Bertz CT molecular complexity index is 497. The summed E-state index contributed by atoms with van der Waals surface area (Å²) in [5.41, 5.74) is 0.260. The van der Waals surface area contributed by atoms with E-state index in [2.05, 4.69) is 10.6 Å². The predicted molar refractivity (Wildman–Crippen MR) is 89.3 cm³/mol. The molecule has 0 radical (unpaired) electrons. The van der Waals surface area contributed by atoms with Crippen molar-refractivity contribution in [3.63, 3.8) is 0 Å². The van der Waals surface area contributed by atoms with Gasteiger partial charge >= 0.3 is 6.09 Å². The van der Waals surface area contributed by atoms with Gasteiger partial charge in [-0.1, -0.05) is 69.6 Å². The van der Waals surface area contributed by atoms with E-state index in [-0.39, 0.29) is 22.3 Å². The summed E-state index contributed by atoms with van der Waals surface area (Å²) in [6.07, 6.45) is -1.89. The van der Waals surface area contributed by atoms with Gasteiger partial charge in [-0.2, -0.15) is 0 Å². The van der Waals surface area contributed by atoms with Gasteiger partial charge < -0.3 is 10.1 Å². The lowest BCUT2D eigenvalue weighted by molar-refractivity contribution is 0.149. The summed E-state index contributed by atoms with van der Waals surface area (Å²) < 4.78 is 2.86. The van der Waals surface area contributed by atoms with Gasteiger partial charge in [0.2, 0.25) is 3.79 Å². The molecule has 0 saturated carbocycles. The van der Waals surface area contributed by atoms with Crippen molar-refractivity contribution in [2.24, 2.45) is 0 Å². The average molecular weight is 415 g/mol. The Morgan fingerprint density at radius 3 is 2.19 bits per heavy atom. The Kier molecular flexibility index (Phi) is 7.31. The summed E-state index contributed by atoms with van der Waals surface area (Å²) in [5.74, 6) is 0. The SMILES string of the molecule is CCOC(=O)NC(Nc1c(Cl)cc(Cl)cc1Cl)C(Cl)(Cl)Cl. The van der Waals surface area contributed by atoms with Crippen LogP contribution >= 0.6 is 69.6 Å². The van der Waals surface area contributed by atoms with E-state index in [4.69, 9.17) is 74.3 Å². The van der Waals surface area contributed by atoms with Crippen molar-refractivity contribution in [3.8, 4) is 0 Å². The number of amides is 1. The lowest BCUT2D eigenvalue weighted by Crippen LogP contribution is -2.49. The van der Waals surface area contributed by atoms with Crippen LogP contribution in [-0.2, 0) is 4.74 Å². The second-order valence-electron chi connectivity index (χ2n) is 3.73. The Balaban J connectivity index is 3.00. The van der Waals surface area contributed by atoms with E-state index in [1.54, 1.807) is 6.92 Å². The highest BCUT2D eigenvalue weighted by molar-refractivity contribution is 6.68. The van der Waals surface area contributed by atoms with Gasteiger partial charge in [0.25, 0.3) is 0 Å². The largest absolute Gasteiger partial charge is 0.450 e. The number of nitrogens with one attached hydrogen (secondary N) is 2. The van der Waals surface area contributed by atoms with E-state index in [1.807, 2.05) is 0 Å². The maximum Gasteiger partial charge on any atom is 0.408 e. The summed E-state index contributed by atoms with van der Waals surface area (Å²) in [7, 11) is 0. The minimum Gasteiger partial charge on any atom is -0.450 e. The first-order valence-corrected chi connectivity index (χ1v) is 7.83. The first-order valence-electron chi connectivity index (χ1n) is 5.56. The van der Waals surface area contributed by atoms with Crippen LogP contribution in [0.2, 0.25) is 15.1 Å². The molecule has 0 fully saturated rings. The van der Waals surface area contributed by atoms with Gasteiger partial charge in [-0.15, -0.1) is 0 Å². The molecule has 1 atom stereocenters. The van der Waals surface area contributed by atoms with Crippen molar-refractivity contribution < 1.29 is 9.53 Å². The molecule has 1 rings (SSSR count). The minimum atomic E-state index is -1.88. The number of rotatable bonds is 4. The van der Waals surface area contributed by atoms with E-state index in [0.717, 1.165) is 0 Å². The minimum absolute atomic E-state index is 0.168. The zero-order valence-corrected chi connectivity index (χ0v) is 15.1. The Hall–Kier alpha value is 0.0300. The van der Waals surface area contributed by atoms with Crippen molar-refractivity contribution in [1.82, 2.24) is 5.32 Å². The van der Waals surface area contributed by atoms with Crippen molar-refractivity contribution >= 4 is 81.4 Å². The summed E-state index contributed by atoms with van der Waals surface area (Å²) >= 11 is 35.3. The smallest absolute Gasteiger partial charge is 0.408 e. The Morgan fingerprint density at radius 2 is 1.76 bits per heavy atom. The Morgan fingerprint density at radius 1 is 1.24 bits per heavy atom. The summed E-state index contributed by atoms with van der Waals surface area (Å²) in [5, 5.41) is 5.86. The number of carbonyl (C=O) groups is 1. The van der Waals surface area contributed by atoms with Gasteiger partial charge in [0.05, 0.1) is 22.3 Å². The van der Waals surface area contributed by atoms with Gasteiger partial charge in [0.1, 0.15) is 0 Å². The second-order valence-corrected chi connectivity index (χ2v) is 7.35. The molecule has 4 nitrogen and oxygen atoms in total. The van der Waals surface area contributed by atoms with E-state index >= 15 is 0 Å². The van der Waals surface area contributed by atoms with Gasteiger partial charge in [-0.3, -0.25) is 5.32 Å². The molecule has 0 heterocycles. The van der Waals surface area contributed by atoms with E-state index < -0.39 is 16.1 Å². The molecule has 1 amide bonds. The van der Waals surface area contributed by atoms with Gasteiger partial charge in [0, 0.05) is 5.02 Å². The molecule has 0 aliphatic rings.